The van der Waals surface area contributed by atoms with Crippen LogP contribution < -0.4 is 5.32 Å². The summed E-state index contributed by atoms with van der Waals surface area (Å²) in [6.07, 6.45) is 4.80. The molecule has 114 valence electrons. The maximum atomic E-state index is 12.4. The Hall–Kier alpha value is -1.68. The number of amides is 1. The third kappa shape index (κ3) is 4.14. The summed E-state index contributed by atoms with van der Waals surface area (Å²) in [7, 11) is 0. The molecule has 0 bridgehead atoms. The highest BCUT2D eigenvalue weighted by atomic mass is 16.2. The molecule has 1 aliphatic rings. The van der Waals surface area contributed by atoms with Crippen LogP contribution in [-0.2, 0) is 4.79 Å². The number of para-hydroxylation sites is 1. The zero-order valence-electron chi connectivity index (χ0n) is 12.9. The van der Waals surface area contributed by atoms with Gasteiger partial charge in [0.2, 0.25) is 5.91 Å². The molecule has 0 saturated carbocycles. The first-order valence-electron chi connectivity index (χ1n) is 7.74. The number of hydrogen-bond donors (Lipinski definition) is 1. The van der Waals surface area contributed by atoms with Gasteiger partial charge in [0.05, 0.1) is 11.7 Å². The van der Waals surface area contributed by atoms with Crippen LogP contribution in [0.1, 0.15) is 49.9 Å². The number of carbonyl (C=O) groups excluding carboxylic acids is 2. The lowest BCUT2D eigenvalue weighted by Crippen LogP contribution is -2.42. The maximum absolute atomic E-state index is 12.4. The van der Waals surface area contributed by atoms with Crippen LogP contribution in [0, 0.1) is 0 Å². The van der Waals surface area contributed by atoms with E-state index in [4.69, 9.17) is 0 Å². The van der Waals surface area contributed by atoms with Crippen molar-refractivity contribution in [2.45, 2.75) is 45.6 Å². The Morgan fingerprint density at radius 3 is 2.33 bits per heavy atom. The van der Waals surface area contributed by atoms with Crippen molar-refractivity contribution in [2.75, 3.05) is 18.4 Å². The topological polar surface area (TPSA) is 49.4 Å². The van der Waals surface area contributed by atoms with Crippen molar-refractivity contribution in [3.8, 4) is 0 Å². The lowest BCUT2D eigenvalue weighted by molar-refractivity contribution is -0.120. The first-order chi connectivity index (χ1) is 10.1. The number of benzene rings is 1. The number of Topliss-reactive ketones (excluding diaryl/α,β-unsaturated/α-hetero) is 1. The van der Waals surface area contributed by atoms with Crippen LogP contribution in [0.5, 0.6) is 0 Å². The number of carbonyl (C=O) groups is 2. The second kappa shape index (κ2) is 7.36. The quantitative estimate of drug-likeness (QED) is 0.866. The van der Waals surface area contributed by atoms with E-state index < -0.39 is 0 Å². The van der Waals surface area contributed by atoms with Crippen molar-refractivity contribution >= 4 is 17.4 Å². The molecule has 1 aromatic carbocycles. The molecule has 1 aliphatic heterocycles. The summed E-state index contributed by atoms with van der Waals surface area (Å²) in [4.78, 5) is 26.3. The van der Waals surface area contributed by atoms with Crippen molar-refractivity contribution in [3.05, 3.63) is 29.8 Å². The number of rotatable bonds is 4. The van der Waals surface area contributed by atoms with Gasteiger partial charge in [-0.15, -0.1) is 0 Å². The number of likely N-dealkylation sites (tertiary alicyclic amines) is 1. The monoisotopic (exact) mass is 288 g/mol. The van der Waals surface area contributed by atoms with E-state index in [0.29, 0.717) is 11.3 Å². The third-order valence-electron chi connectivity index (χ3n) is 4.13. The first kappa shape index (κ1) is 15.7. The molecule has 1 heterocycles. The minimum absolute atomic E-state index is 0.0340. The average Bonchev–Trinajstić information content (AvgIpc) is 2.75. The van der Waals surface area contributed by atoms with Crippen molar-refractivity contribution < 1.29 is 9.59 Å². The van der Waals surface area contributed by atoms with Crippen LogP contribution >= 0.6 is 0 Å². The summed E-state index contributed by atoms with van der Waals surface area (Å²) in [6.45, 7) is 5.41. The summed E-state index contributed by atoms with van der Waals surface area (Å²) in [6, 6.07) is 7.00. The van der Waals surface area contributed by atoms with E-state index in [2.05, 4.69) is 10.2 Å². The number of ketones is 1. The lowest BCUT2D eigenvalue weighted by atomic mass is 10.1. The lowest BCUT2D eigenvalue weighted by Gasteiger charge is -2.26. The minimum Gasteiger partial charge on any atom is -0.324 e. The summed E-state index contributed by atoms with van der Waals surface area (Å²) in [5.41, 5.74) is 1.17. The van der Waals surface area contributed by atoms with Crippen LogP contribution in [0.15, 0.2) is 24.3 Å². The van der Waals surface area contributed by atoms with Crippen LogP contribution in [-0.4, -0.2) is 35.7 Å². The zero-order valence-corrected chi connectivity index (χ0v) is 12.9. The van der Waals surface area contributed by atoms with Gasteiger partial charge in [-0.2, -0.15) is 0 Å². The van der Waals surface area contributed by atoms with Crippen LogP contribution in [0.3, 0.4) is 0 Å². The van der Waals surface area contributed by atoms with Gasteiger partial charge < -0.3 is 5.32 Å². The highest BCUT2D eigenvalue weighted by Crippen LogP contribution is 2.18. The predicted octanol–water partition coefficient (Wildman–Crippen LogP) is 3.09. The summed E-state index contributed by atoms with van der Waals surface area (Å²) >= 11 is 0. The van der Waals surface area contributed by atoms with Crippen LogP contribution in [0.25, 0.3) is 0 Å². The molecule has 21 heavy (non-hydrogen) atoms. The number of nitrogens with one attached hydrogen (secondary N) is 1. The SMILES string of the molecule is CC(=O)c1ccccc1NC(=O)[C@H](C)N1CCCCCC1. The molecule has 0 spiro atoms. The summed E-state index contributed by atoms with van der Waals surface area (Å²) in [5, 5.41) is 2.91. The highest BCUT2D eigenvalue weighted by molar-refractivity contribution is 6.04. The Morgan fingerprint density at radius 1 is 1.10 bits per heavy atom. The summed E-state index contributed by atoms with van der Waals surface area (Å²) in [5.74, 6) is -0.0704. The molecule has 0 aromatic heterocycles. The molecule has 0 unspecified atom stereocenters. The van der Waals surface area contributed by atoms with E-state index in [1.165, 1.54) is 19.8 Å². The molecule has 0 aliphatic carbocycles. The molecule has 1 aromatic rings. The van der Waals surface area contributed by atoms with Gasteiger partial charge >= 0.3 is 0 Å². The molecule has 4 nitrogen and oxygen atoms in total. The Kier molecular flexibility index (Phi) is 5.51. The maximum Gasteiger partial charge on any atom is 0.241 e. The molecule has 1 amide bonds. The Labute approximate surface area is 126 Å². The fourth-order valence-corrected chi connectivity index (χ4v) is 2.78. The van der Waals surface area contributed by atoms with Gasteiger partial charge in [-0.1, -0.05) is 25.0 Å². The number of hydrogen-bond acceptors (Lipinski definition) is 3. The van der Waals surface area contributed by atoms with Crippen LogP contribution in [0.2, 0.25) is 0 Å². The zero-order chi connectivity index (χ0) is 15.2. The number of anilines is 1. The second-order valence-electron chi connectivity index (χ2n) is 5.72. The Morgan fingerprint density at radius 2 is 1.71 bits per heavy atom. The van der Waals surface area contributed by atoms with E-state index in [1.54, 1.807) is 12.1 Å². The van der Waals surface area contributed by atoms with E-state index in [9.17, 15) is 9.59 Å². The predicted molar refractivity (Wildman–Crippen MR) is 84.6 cm³/mol. The molecule has 1 N–H and O–H groups in total. The van der Waals surface area contributed by atoms with E-state index in [0.717, 1.165) is 25.9 Å². The molecule has 2 rings (SSSR count). The first-order valence-corrected chi connectivity index (χ1v) is 7.74. The van der Waals surface area contributed by atoms with Gasteiger partial charge in [-0.05, 0) is 51.9 Å². The van der Waals surface area contributed by atoms with Gasteiger partial charge in [-0.3, -0.25) is 14.5 Å². The fourth-order valence-electron chi connectivity index (χ4n) is 2.78. The van der Waals surface area contributed by atoms with Gasteiger partial charge in [-0.25, -0.2) is 0 Å². The third-order valence-corrected chi connectivity index (χ3v) is 4.13. The van der Waals surface area contributed by atoms with Crippen LogP contribution in [0.4, 0.5) is 5.69 Å². The number of nitrogens with zero attached hydrogens (tertiary/aromatic N) is 1. The molecule has 0 radical (unpaired) electrons. The Bertz CT molecular complexity index is 505. The molecule has 1 atom stereocenters. The van der Waals surface area contributed by atoms with E-state index in [-0.39, 0.29) is 17.7 Å². The van der Waals surface area contributed by atoms with Crippen molar-refractivity contribution in [1.82, 2.24) is 4.90 Å². The second-order valence-corrected chi connectivity index (χ2v) is 5.72. The highest BCUT2D eigenvalue weighted by Gasteiger charge is 2.22. The standard InChI is InChI=1S/C17H24N2O2/c1-13(19-11-7-3-4-8-12-19)17(21)18-16-10-6-5-9-15(16)14(2)20/h5-6,9-10,13H,3-4,7-8,11-12H2,1-2H3,(H,18,21)/t13-/m0/s1. The molecular weight excluding hydrogens is 264 g/mol. The largest absolute Gasteiger partial charge is 0.324 e. The van der Waals surface area contributed by atoms with E-state index in [1.807, 2.05) is 19.1 Å². The molecule has 1 saturated heterocycles. The molecular formula is C17H24N2O2. The minimum atomic E-state index is -0.164. The molecule has 1 fully saturated rings. The van der Waals surface area contributed by atoms with Gasteiger partial charge in [0.25, 0.3) is 0 Å². The van der Waals surface area contributed by atoms with Gasteiger partial charge in [0, 0.05) is 5.56 Å². The molecule has 4 heteroatoms. The van der Waals surface area contributed by atoms with Gasteiger partial charge in [0.1, 0.15) is 0 Å². The Balaban J connectivity index is 2.05. The van der Waals surface area contributed by atoms with Crippen molar-refractivity contribution in [1.29, 1.82) is 0 Å². The fraction of sp³-hybridized carbons (Fsp3) is 0.529. The smallest absolute Gasteiger partial charge is 0.241 e. The van der Waals surface area contributed by atoms with Crippen molar-refractivity contribution in [3.63, 3.8) is 0 Å². The average molecular weight is 288 g/mol. The van der Waals surface area contributed by atoms with Gasteiger partial charge in [0.15, 0.2) is 5.78 Å². The van der Waals surface area contributed by atoms with E-state index >= 15 is 0 Å². The normalized spacial score (nSPS) is 17.8. The summed E-state index contributed by atoms with van der Waals surface area (Å²) < 4.78 is 0. The van der Waals surface area contributed by atoms with Crippen molar-refractivity contribution in [2.24, 2.45) is 0 Å².